The predicted octanol–water partition coefficient (Wildman–Crippen LogP) is 4.53. The number of rotatable bonds is 1. The summed E-state index contributed by atoms with van der Waals surface area (Å²) < 4.78 is 6.29. The molecule has 1 heterocycles. The number of benzene rings is 1. The molecule has 4 rings (SSSR count). The summed E-state index contributed by atoms with van der Waals surface area (Å²) in [6, 6.07) is 4.14. The fourth-order valence-electron chi connectivity index (χ4n) is 6.09. The van der Waals surface area contributed by atoms with E-state index in [0.717, 1.165) is 18.6 Å². The van der Waals surface area contributed by atoms with Crippen LogP contribution in [-0.4, -0.2) is 17.8 Å². The molecule has 1 aliphatic heterocycles. The van der Waals surface area contributed by atoms with Crippen molar-refractivity contribution in [2.24, 2.45) is 11.3 Å². The summed E-state index contributed by atoms with van der Waals surface area (Å²) in [5.74, 6) is 1.45. The van der Waals surface area contributed by atoms with E-state index in [1.165, 1.54) is 30.4 Å². The molecular weight excluding hydrogens is 272 g/mol. The molecule has 2 heteroatoms. The van der Waals surface area contributed by atoms with Crippen LogP contribution in [0, 0.1) is 11.3 Å². The van der Waals surface area contributed by atoms with E-state index in [4.69, 9.17) is 4.74 Å². The number of phenols is 1. The molecular formula is C20H28O2. The van der Waals surface area contributed by atoms with Gasteiger partial charge >= 0.3 is 0 Å². The smallest absolute Gasteiger partial charge is 0.119 e. The van der Waals surface area contributed by atoms with Gasteiger partial charge in [-0.1, -0.05) is 40.2 Å². The van der Waals surface area contributed by atoms with Crippen LogP contribution in [-0.2, 0) is 16.6 Å². The van der Waals surface area contributed by atoms with Crippen molar-refractivity contribution >= 4 is 0 Å². The van der Waals surface area contributed by atoms with Crippen molar-refractivity contribution < 1.29 is 9.84 Å². The van der Waals surface area contributed by atoms with Crippen LogP contribution >= 0.6 is 0 Å². The third kappa shape index (κ3) is 1.71. The summed E-state index contributed by atoms with van der Waals surface area (Å²) >= 11 is 0. The maximum absolute atomic E-state index is 10.4. The van der Waals surface area contributed by atoms with Crippen molar-refractivity contribution in [2.75, 3.05) is 6.61 Å². The molecule has 120 valence electrons. The highest BCUT2D eigenvalue weighted by atomic mass is 16.5. The Labute approximate surface area is 133 Å². The van der Waals surface area contributed by atoms with E-state index < -0.39 is 0 Å². The lowest BCUT2D eigenvalue weighted by molar-refractivity contribution is 0.0370. The molecule has 0 radical (unpaired) electrons. The zero-order valence-electron chi connectivity index (χ0n) is 14.3. The maximum Gasteiger partial charge on any atom is 0.119 e. The summed E-state index contributed by atoms with van der Waals surface area (Å²) in [5, 5.41) is 10.4. The van der Waals surface area contributed by atoms with Crippen LogP contribution in [0.25, 0.3) is 0 Å². The molecule has 0 bridgehead atoms. The Balaban J connectivity index is 1.94. The third-order valence-corrected chi connectivity index (χ3v) is 6.81. The molecule has 2 nitrogen and oxygen atoms in total. The number of hydrogen-bond donors (Lipinski definition) is 1. The first kappa shape index (κ1) is 14.6. The van der Waals surface area contributed by atoms with Crippen LogP contribution in [0.4, 0.5) is 0 Å². The Bertz CT molecular complexity index is 620. The molecule has 1 saturated carbocycles. The average molecular weight is 300 g/mol. The lowest BCUT2D eigenvalue weighted by Crippen LogP contribution is -2.52. The van der Waals surface area contributed by atoms with Gasteiger partial charge in [-0.2, -0.15) is 0 Å². The van der Waals surface area contributed by atoms with Crippen LogP contribution in [0.1, 0.15) is 69.6 Å². The molecule has 4 atom stereocenters. The van der Waals surface area contributed by atoms with E-state index in [1.807, 2.05) is 6.07 Å². The standard InChI is InChI=1S/C20H28O2/c1-12(2)17-13-10-16-18-19(3,11-22-16)8-5-9-20(18,4)14(13)6-7-15(17)21/h6-7,12,16,18,21H,5,8-11H2,1-4H3/t16?,18?,19-,20+/m0/s1. The van der Waals surface area contributed by atoms with Crippen molar-refractivity contribution in [3.63, 3.8) is 0 Å². The minimum absolute atomic E-state index is 0.207. The molecule has 0 amide bonds. The molecule has 2 aliphatic carbocycles. The van der Waals surface area contributed by atoms with Gasteiger partial charge in [0, 0.05) is 5.92 Å². The molecule has 2 fully saturated rings. The summed E-state index contributed by atoms with van der Waals surface area (Å²) in [4.78, 5) is 0. The Morgan fingerprint density at radius 3 is 2.73 bits per heavy atom. The second-order valence-corrected chi connectivity index (χ2v) is 8.64. The molecule has 1 saturated heterocycles. The number of hydrogen-bond acceptors (Lipinski definition) is 2. The van der Waals surface area contributed by atoms with Gasteiger partial charge in [0.15, 0.2) is 0 Å². The first-order valence-corrected chi connectivity index (χ1v) is 8.84. The zero-order chi connectivity index (χ0) is 15.7. The zero-order valence-corrected chi connectivity index (χ0v) is 14.3. The molecule has 22 heavy (non-hydrogen) atoms. The fraction of sp³-hybridized carbons (Fsp3) is 0.700. The molecule has 3 aliphatic rings. The Hall–Kier alpha value is -1.02. The van der Waals surface area contributed by atoms with Crippen molar-refractivity contribution in [3.05, 3.63) is 28.8 Å². The third-order valence-electron chi connectivity index (χ3n) is 6.81. The highest BCUT2D eigenvalue weighted by molar-refractivity contribution is 5.52. The van der Waals surface area contributed by atoms with E-state index in [2.05, 4.69) is 33.8 Å². The summed E-state index contributed by atoms with van der Waals surface area (Å²) in [6.45, 7) is 10.2. The largest absolute Gasteiger partial charge is 0.508 e. The Morgan fingerprint density at radius 1 is 1.23 bits per heavy atom. The van der Waals surface area contributed by atoms with Crippen molar-refractivity contribution in [3.8, 4) is 5.75 Å². The van der Waals surface area contributed by atoms with E-state index in [1.54, 1.807) is 0 Å². The van der Waals surface area contributed by atoms with Gasteiger partial charge in [0.05, 0.1) is 12.7 Å². The molecule has 0 spiro atoms. The minimum Gasteiger partial charge on any atom is -0.508 e. The fourth-order valence-corrected chi connectivity index (χ4v) is 6.09. The maximum atomic E-state index is 10.4. The Morgan fingerprint density at radius 2 is 2.00 bits per heavy atom. The van der Waals surface area contributed by atoms with Crippen LogP contribution < -0.4 is 0 Å². The number of aromatic hydroxyl groups is 1. The van der Waals surface area contributed by atoms with Gasteiger partial charge in [0.2, 0.25) is 0 Å². The van der Waals surface area contributed by atoms with Crippen LogP contribution in [0.3, 0.4) is 0 Å². The quantitative estimate of drug-likeness (QED) is 0.825. The van der Waals surface area contributed by atoms with Crippen LogP contribution in [0.2, 0.25) is 0 Å². The SMILES string of the molecule is CC(C)c1c(O)ccc2c1CC1OC[C@]3(C)CCC[C@@]2(C)C13. The number of fused-ring (bicyclic) bond motifs is 2. The molecule has 1 aromatic rings. The second-order valence-electron chi connectivity index (χ2n) is 8.64. The van der Waals surface area contributed by atoms with Crippen molar-refractivity contribution in [2.45, 2.75) is 70.8 Å². The van der Waals surface area contributed by atoms with E-state index >= 15 is 0 Å². The van der Waals surface area contributed by atoms with E-state index in [-0.39, 0.29) is 5.41 Å². The number of phenolic OH excluding ortho intramolecular Hbond substituents is 1. The van der Waals surface area contributed by atoms with Gasteiger partial charge in [-0.05, 0) is 58.8 Å². The monoisotopic (exact) mass is 300 g/mol. The molecule has 1 aromatic carbocycles. The van der Waals surface area contributed by atoms with Crippen LogP contribution in [0.15, 0.2) is 12.1 Å². The van der Waals surface area contributed by atoms with Gasteiger partial charge in [-0.3, -0.25) is 0 Å². The Kier molecular flexibility index (Phi) is 2.98. The van der Waals surface area contributed by atoms with Crippen molar-refractivity contribution in [1.29, 1.82) is 0 Å². The average Bonchev–Trinajstić information content (AvgIpc) is 2.77. The molecule has 1 N–H and O–H groups in total. The van der Waals surface area contributed by atoms with Gasteiger partial charge < -0.3 is 9.84 Å². The van der Waals surface area contributed by atoms with Gasteiger partial charge in [0.1, 0.15) is 5.75 Å². The lowest BCUT2D eigenvalue weighted by atomic mass is 9.50. The summed E-state index contributed by atoms with van der Waals surface area (Å²) in [7, 11) is 0. The van der Waals surface area contributed by atoms with Gasteiger partial charge in [0.25, 0.3) is 0 Å². The molecule has 0 aromatic heterocycles. The predicted molar refractivity (Wildman–Crippen MR) is 88.4 cm³/mol. The van der Waals surface area contributed by atoms with Gasteiger partial charge in [-0.25, -0.2) is 0 Å². The van der Waals surface area contributed by atoms with E-state index in [9.17, 15) is 5.11 Å². The lowest BCUT2D eigenvalue weighted by Gasteiger charge is -2.53. The second kappa shape index (κ2) is 4.50. The highest BCUT2D eigenvalue weighted by Gasteiger charge is 2.59. The number of ether oxygens (including phenoxy) is 1. The normalized spacial score (nSPS) is 39.7. The topological polar surface area (TPSA) is 29.5 Å². The van der Waals surface area contributed by atoms with Crippen molar-refractivity contribution in [1.82, 2.24) is 0 Å². The van der Waals surface area contributed by atoms with Gasteiger partial charge in [-0.15, -0.1) is 0 Å². The molecule has 2 unspecified atom stereocenters. The first-order valence-electron chi connectivity index (χ1n) is 8.84. The summed E-state index contributed by atoms with van der Waals surface area (Å²) in [5.41, 5.74) is 4.57. The minimum atomic E-state index is 0.207. The highest BCUT2D eigenvalue weighted by Crippen LogP contribution is 2.61. The summed E-state index contributed by atoms with van der Waals surface area (Å²) in [6.07, 6.45) is 5.16. The van der Waals surface area contributed by atoms with E-state index in [0.29, 0.717) is 29.1 Å². The first-order chi connectivity index (χ1) is 10.4. The van der Waals surface area contributed by atoms with Crippen LogP contribution in [0.5, 0.6) is 5.75 Å².